The Hall–Kier alpha value is -1.36. The molecule has 0 atom stereocenters. The normalized spacial score (nSPS) is 14.5. The van der Waals surface area contributed by atoms with E-state index in [0.29, 0.717) is 0 Å². The van der Waals surface area contributed by atoms with Crippen LogP contribution < -0.4 is 10.2 Å². The van der Waals surface area contributed by atoms with Crippen molar-refractivity contribution in [1.82, 2.24) is 0 Å². The smallest absolute Gasteiger partial charge is 0.243 e. The zero-order valence-electron chi connectivity index (χ0n) is 7.87. The minimum atomic E-state index is -0.0950. The van der Waals surface area contributed by atoms with Gasteiger partial charge in [0, 0.05) is 4.47 Å². The summed E-state index contributed by atoms with van der Waals surface area (Å²) >= 11 is 3.33. The number of carbonyl (C=O) groups excluding carboxylic acids is 2. The topological polar surface area (TPSA) is 49.4 Å². The second kappa shape index (κ2) is 4.02. The first-order chi connectivity index (χ1) is 7.20. The van der Waals surface area contributed by atoms with Gasteiger partial charge in [0.25, 0.3) is 0 Å². The molecule has 0 unspecified atom stereocenters. The number of carbonyl (C=O) groups is 2. The lowest BCUT2D eigenvalue weighted by molar-refractivity contribution is -0.115. The van der Waals surface area contributed by atoms with Crippen molar-refractivity contribution < 1.29 is 9.59 Å². The van der Waals surface area contributed by atoms with E-state index >= 15 is 0 Å². The fraction of sp³-hybridized carbons (Fsp3) is 0.200. The van der Waals surface area contributed by atoms with Gasteiger partial charge in [-0.2, -0.15) is 0 Å². The van der Waals surface area contributed by atoms with Crippen LogP contribution in [0.4, 0.5) is 11.4 Å². The van der Waals surface area contributed by atoms with Crippen LogP contribution in [-0.2, 0) is 9.59 Å². The van der Waals surface area contributed by atoms with E-state index in [2.05, 4.69) is 21.2 Å². The molecule has 1 amide bonds. The molecular weight excluding hydrogens is 260 g/mol. The van der Waals surface area contributed by atoms with Crippen LogP contribution in [0.5, 0.6) is 0 Å². The summed E-state index contributed by atoms with van der Waals surface area (Å²) in [5, 5.41) is 2.76. The van der Waals surface area contributed by atoms with E-state index in [-0.39, 0.29) is 19.0 Å². The van der Waals surface area contributed by atoms with Gasteiger partial charge in [-0.1, -0.05) is 15.9 Å². The summed E-state index contributed by atoms with van der Waals surface area (Å²) in [7, 11) is 0. The quantitative estimate of drug-likeness (QED) is 0.826. The van der Waals surface area contributed by atoms with E-state index in [0.717, 1.165) is 22.1 Å². The lowest BCUT2D eigenvalue weighted by Crippen LogP contribution is -2.39. The van der Waals surface area contributed by atoms with Crippen LogP contribution in [0.25, 0.3) is 0 Å². The number of aldehydes is 1. The first-order valence-corrected chi connectivity index (χ1v) is 5.28. The number of halogens is 1. The molecule has 1 aliphatic rings. The minimum Gasteiger partial charge on any atom is -0.353 e. The third kappa shape index (κ3) is 2.02. The molecule has 0 fully saturated rings. The maximum Gasteiger partial charge on any atom is 0.243 e. The lowest BCUT2D eigenvalue weighted by Gasteiger charge is -2.29. The van der Waals surface area contributed by atoms with E-state index in [1.54, 1.807) is 4.90 Å². The van der Waals surface area contributed by atoms with Crippen LogP contribution in [-0.4, -0.2) is 25.3 Å². The Balaban J connectivity index is 2.41. The number of hydrogen-bond donors (Lipinski definition) is 1. The van der Waals surface area contributed by atoms with Gasteiger partial charge in [-0.25, -0.2) is 0 Å². The Bertz CT molecular complexity index is 420. The van der Waals surface area contributed by atoms with Gasteiger partial charge in [-0.3, -0.25) is 4.79 Å². The summed E-state index contributed by atoms with van der Waals surface area (Å²) in [6.45, 7) is 0.468. The number of amides is 1. The molecule has 0 aliphatic carbocycles. The van der Waals surface area contributed by atoms with E-state index in [9.17, 15) is 9.59 Å². The van der Waals surface area contributed by atoms with Gasteiger partial charge in [0.1, 0.15) is 6.29 Å². The Kier molecular flexibility index (Phi) is 2.73. The molecule has 4 nitrogen and oxygen atoms in total. The Morgan fingerprint density at radius 2 is 2.33 bits per heavy atom. The number of hydrogen-bond acceptors (Lipinski definition) is 3. The average molecular weight is 269 g/mol. The average Bonchev–Trinajstić information content (AvgIpc) is 2.17. The van der Waals surface area contributed by atoms with Gasteiger partial charge in [0.15, 0.2) is 0 Å². The summed E-state index contributed by atoms with van der Waals surface area (Å²) in [5.74, 6) is -0.0950. The predicted molar refractivity (Wildman–Crippen MR) is 61.0 cm³/mol. The molecule has 2 rings (SSSR count). The highest BCUT2D eigenvalue weighted by Gasteiger charge is 2.21. The zero-order chi connectivity index (χ0) is 10.8. The summed E-state index contributed by atoms with van der Waals surface area (Å²) in [6, 6.07) is 5.58. The molecule has 15 heavy (non-hydrogen) atoms. The van der Waals surface area contributed by atoms with Crippen molar-refractivity contribution in [3.05, 3.63) is 22.7 Å². The van der Waals surface area contributed by atoms with Crippen molar-refractivity contribution in [2.45, 2.75) is 0 Å². The van der Waals surface area contributed by atoms with Crippen LogP contribution in [0.2, 0.25) is 0 Å². The van der Waals surface area contributed by atoms with Gasteiger partial charge in [0.2, 0.25) is 5.91 Å². The summed E-state index contributed by atoms with van der Waals surface area (Å²) < 4.78 is 0.898. The van der Waals surface area contributed by atoms with Gasteiger partial charge < -0.3 is 15.0 Å². The minimum absolute atomic E-state index is 0.0950. The first-order valence-electron chi connectivity index (χ1n) is 4.48. The summed E-state index contributed by atoms with van der Waals surface area (Å²) in [4.78, 5) is 23.6. The van der Waals surface area contributed by atoms with Crippen LogP contribution in [0.1, 0.15) is 0 Å². The van der Waals surface area contributed by atoms with Crippen molar-refractivity contribution in [3.63, 3.8) is 0 Å². The number of rotatable bonds is 2. The largest absolute Gasteiger partial charge is 0.353 e. The highest BCUT2D eigenvalue weighted by Crippen LogP contribution is 2.31. The third-order valence-electron chi connectivity index (χ3n) is 2.20. The van der Waals surface area contributed by atoms with Crippen LogP contribution in [0.15, 0.2) is 22.7 Å². The first kappa shape index (κ1) is 10.2. The van der Waals surface area contributed by atoms with Crippen LogP contribution >= 0.6 is 15.9 Å². The molecule has 0 saturated heterocycles. The molecule has 1 aromatic rings. The van der Waals surface area contributed by atoms with Crippen LogP contribution in [0.3, 0.4) is 0 Å². The SMILES string of the molecule is O=CCN1CC(=O)Nc2cc(Br)ccc21. The Labute approximate surface area is 95.4 Å². The highest BCUT2D eigenvalue weighted by atomic mass is 79.9. The number of anilines is 2. The Morgan fingerprint density at radius 1 is 1.53 bits per heavy atom. The summed E-state index contributed by atoms with van der Waals surface area (Å²) in [5.41, 5.74) is 1.62. The highest BCUT2D eigenvalue weighted by molar-refractivity contribution is 9.10. The number of benzene rings is 1. The second-order valence-electron chi connectivity index (χ2n) is 3.26. The number of nitrogens with zero attached hydrogens (tertiary/aromatic N) is 1. The molecule has 0 bridgehead atoms. The molecule has 5 heteroatoms. The van der Waals surface area contributed by atoms with Crippen molar-refractivity contribution >= 4 is 39.5 Å². The zero-order valence-corrected chi connectivity index (χ0v) is 9.45. The van der Waals surface area contributed by atoms with Gasteiger partial charge in [0.05, 0.1) is 24.5 Å². The third-order valence-corrected chi connectivity index (χ3v) is 2.70. The molecular formula is C10H9BrN2O2. The molecule has 0 aromatic heterocycles. The van der Waals surface area contributed by atoms with Crippen molar-refractivity contribution in [3.8, 4) is 0 Å². The number of nitrogens with one attached hydrogen (secondary N) is 1. The van der Waals surface area contributed by atoms with Gasteiger partial charge >= 0.3 is 0 Å². The number of fused-ring (bicyclic) bond motifs is 1. The van der Waals surface area contributed by atoms with Crippen molar-refractivity contribution in [2.75, 3.05) is 23.3 Å². The van der Waals surface area contributed by atoms with Gasteiger partial charge in [-0.05, 0) is 18.2 Å². The van der Waals surface area contributed by atoms with Crippen LogP contribution in [0, 0.1) is 0 Å². The fourth-order valence-corrected chi connectivity index (χ4v) is 1.95. The lowest BCUT2D eigenvalue weighted by atomic mass is 10.2. The molecule has 0 spiro atoms. The van der Waals surface area contributed by atoms with Crippen molar-refractivity contribution in [1.29, 1.82) is 0 Å². The molecule has 1 heterocycles. The standard InChI is InChI=1S/C10H9BrN2O2/c11-7-1-2-9-8(5-7)12-10(15)6-13(9)3-4-14/h1-2,4-5H,3,6H2,(H,12,15). The fourth-order valence-electron chi connectivity index (χ4n) is 1.59. The molecule has 0 radical (unpaired) electrons. The second-order valence-corrected chi connectivity index (χ2v) is 4.17. The maximum absolute atomic E-state index is 11.3. The molecule has 0 saturated carbocycles. The van der Waals surface area contributed by atoms with E-state index in [1.165, 1.54) is 0 Å². The van der Waals surface area contributed by atoms with E-state index < -0.39 is 0 Å². The molecule has 1 N–H and O–H groups in total. The van der Waals surface area contributed by atoms with E-state index in [4.69, 9.17) is 0 Å². The molecule has 1 aliphatic heterocycles. The monoisotopic (exact) mass is 268 g/mol. The Morgan fingerprint density at radius 3 is 3.07 bits per heavy atom. The van der Waals surface area contributed by atoms with Gasteiger partial charge in [-0.15, -0.1) is 0 Å². The van der Waals surface area contributed by atoms with Crippen molar-refractivity contribution in [2.24, 2.45) is 0 Å². The molecule has 1 aromatic carbocycles. The molecule has 78 valence electrons. The predicted octanol–water partition coefficient (Wildman–Crippen LogP) is 1.41. The maximum atomic E-state index is 11.3. The van der Waals surface area contributed by atoms with E-state index in [1.807, 2.05) is 18.2 Å². The summed E-state index contributed by atoms with van der Waals surface area (Å²) in [6.07, 6.45) is 0.796.